The summed E-state index contributed by atoms with van der Waals surface area (Å²) in [6.07, 6.45) is 13.4. The van der Waals surface area contributed by atoms with Gasteiger partial charge in [0, 0.05) is 43.9 Å². The third-order valence-corrected chi connectivity index (χ3v) is 7.55. The van der Waals surface area contributed by atoms with Gasteiger partial charge in [0.1, 0.15) is 5.82 Å². The van der Waals surface area contributed by atoms with Crippen LogP contribution in [-0.2, 0) is 6.42 Å². The van der Waals surface area contributed by atoms with Crippen molar-refractivity contribution in [1.82, 2.24) is 14.5 Å². The minimum Gasteiger partial charge on any atom is -0.396 e. The Bertz CT molecular complexity index is 1160. The summed E-state index contributed by atoms with van der Waals surface area (Å²) in [4.78, 5) is 16.9. The molecule has 1 aromatic carbocycles. The van der Waals surface area contributed by atoms with E-state index in [-0.39, 0.29) is 6.61 Å². The molecule has 1 atom stereocenters. The maximum atomic E-state index is 9.32. The predicted octanol–water partition coefficient (Wildman–Crippen LogP) is 5.07. The molecule has 3 aromatic rings. The maximum Gasteiger partial charge on any atom is 0.129 e. The van der Waals surface area contributed by atoms with E-state index in [1.807, 2.05) is 12.5 Å². The van der Waals surface area contributed by atoms with Crippen LogP contribution in [0.3, 0.4) is 0 Å². The Labute approximate surface area is 189 Å². The van der Waals surface area contributed by atoms with Crippen molar-refractivity contribution in [2.24, 2.45) is 10.9 Å². The molecule has 2 aromatic heterocycles. The first kappa shape index (κ1) is 19.9. The van der Waals surface area contributed by atoms with Crippen LogP contribution < -0.4 is 4.90 Å². The van der Waals surface area contributed by atoms with E-state index in [0.717, 1.165) is 60.6 Å². The van der Waals surface area contributed by atoms with Crippen LogP contribution in [0.15, 0.2) is 35.6 Å². The molecule has 6 heteroatoms. The molecule has 0 bridgehead atoms. The molecule has 6 rings (SSSR count). The second-order valence-corrected chi connectivity index (χ2v) is 9.61. The summed E-state index contributed by atoms with van der Waals surface area (Å²) in [6.45, 7) is 2.24. The van der Waals surface area contributed by atoms with Crippen LogP contribution in [0.25, 0.3) is 22.3 Å². The Morgan fingerprint density at radius 1 is 1.06 bits per heavy atom. The highest BCUT2D eigenvalue weighted by molar-refractivity contribution is 5.89. The van der Waals surface area contributed by atoms with Crippen LogP contribution in [0.5, 0.6) is 0 Å². The summed E-state index contributed by atoms with van der Waals surface area (Å²) in [5.41, 5.74) is 6.58. The fraction of sp³-hybridized carbons (Fsp3) is 0.500. The predicted molar refractivity (Wildman–Crippen MR) is 129 cm³/mol. The summed E-state index contributed by atoms with van der Waals surface area (Å²) >= 11 is 0. The molecule has 0 radical (unpaired) electrons. The van der Waals surface area contributed by atoms with Crippen LogP contribution in [0.2, 0.25) is 0 Å². The van der Waals surface area contributed by atoms with Gasteiger partial charge in [0.25, 0.3) is 0 Å². The number of hydrogen-bond donors (Lipinski definition) is 1. The van der Waals surface area contributed by atoms with E-state index < -0.39 is 0 Å². The lowest BCUT2D eigenvalue weighted by Gasteiger charge is -2.23. The molecule has 6 nitrogen and oxygen atoms in total. The topological polar surface area (TPSA) is 66.5 Å². The van der Waals surface area contributed by atoms with Gasteiger partial charge in [-0.1, -0.05) is 25.3 Å². The molecule has 2 fully saturated rings. The van der Waals surface area contributed by atoms with Crippen LogP contribution in [0.4, 0.5) is 11.5 Å². The molecule has 1 unspecified atom stereocenters. The normalized spacial score (nSPS) is 21.0. The minimum atomic E-state index is 0.267. The molecule has 0 spiro atoms. The van der Waals surface area contributed by atoms with Crippen molar-refractivity contribution in [3.05, 3.63) is 36.2 Å². The number of fused-ring (bicyclic) bond motifs is 2. The Kier molecular flexibility index (Phi) is 5.18. The summed E-state index contributed by atoms with van der Waals surface area (Å²) in [7, 11) is 0. The lowest BCUT2D eigenvalue weighted by Crippen LogP contribution is -2.21. The van der Waals surface area contributed by atoms with Crippen molar-refractivity contribution in [3.8, 4) is 11.3 Å². The Balaban J connectivity index is 1.36. The largest absolute Gasteiger partial charge is 0.396 e. The molecule has 0 amide bonds. The second kappa shape index (κ2) is 8.32. The van der Waals surface area contributed by atoms with Crippen molar-refractivity contribution in [3.63, 3.8) is 0 Å². The number of benzene rings is 1. The fourth-order valence-electron chi connectivity index (χ4n) is 5.76. The fourth-order valence-corrected chi connectivity index (χ4v) is 5.76. The number of anilines is 1. The Hall–Kier alpha value is -2.73. The average molecular weight is 430 g/mol. The first-order chi connectivity index (χ1) is 15.8. The third kappa shape index (κ3) is 3.51. The van der Waals surface area contributed by atoms with Crippen molar-refractivity contribution in [2.45, 2.75) is 57.4 Å². The van der Waals surface area contributed by atoms with E-state index in [9.17, 15) is 5.11 Å². The first-order valence-corrected chi connectivity index (χ1v) is 12.2. The van der Waals surface area contributed by atoms with E-state index in [4.69, 9.17) is 9.97 Å². The number of aromatic nitrogens is 3. The van der Waals surface area contributed by atoms with Gasteiger partial charge in [0.15, 0.2) is 0 Å². The number of hydrogen-bond acceptors (Lipinski definition) is 5. The van der Waals surface area contributed by atoms with Crippen LogP contribution in [0.1, 0.15) is 56.6 Å². The number of imidazole rings is 1. The summed E-state index contributed by atoms with van der Waals surface area (Å²) in [5, 5.41) is 9.32. The smallest absolute Gasteiger partial charge is 0.129 e. The van der Waals surface area contributed by atoms with E-state index in [1.165, 1.54) is 43.2 Å². The molecule has 3 aliphatic rings. The van der Waals surface area contributed by atoms with Gasteiger partial charge in [-0.3, -0.25) is 4.99 Å². The Morgan fingerprint density at radius 2 is 1.97 bits per heavy atom. The number of rotatable bonds is 5. The Morgan fingerprint density at radius 3 is 2.84 bits per heavy atom. The molecule has 32 heavy (non-hydrogen) atoms. The van der Waals surface area contributed by atoms with Crippen LogP contribution in [0, 0.1) is 5.92 Å². The average Bonchev–Trinajstić information content (AvgIpc) is 3.58. The molecule has 166 valence electrons. The lowest BCUT2D eigenvalue weighted by molar-refractivity contribution is 0.263. The third-order valence-electron chi connectivity index (χ3n) is 7.55. The van der Waals surface area contributed by atoms with Gasteiger partial charge >= 0.3 is 0 Å². The monoisotopic (exact) mass is 429 g/mol. The van der Waals surface area contributed by atoms with E-state index in [2.05, 4.69) is 38.7 Å². The summed E-state index contributed by atoms with van der Waals surface area (Å²) in [6, 6.07) is 9.40. The number of nitrogens with zero attached hydrogens (tertiary/aromatic N) is 5. The SMILES string of the molecule is OCCC1CCN(c2cc3c(c(-c4ccc5c(c4)ncn5C4CCCCC4)n2)N=CC3)C1. The first-order valence-electron chi connectivity index (χ1n) is 12.2. The lowest BCUT2D eigenvalue weighted by atomic mass is 9.95. The zero-order valence-corrected chi connectivity index (χ0v) is 18.6. The van der Waals surface area contributed by atoms with Gasteiger partial charge in [-0.15, -0.1) is 0 Å². The van der Waals surface area contributed by atoms with Crippen molar-refractivity contribution < 1.29 is 5.11 Å². The molecule has 1 N–H and O–H groups in total. The van der Waals surface area contributed by atoms with E-state index in [1.54, 1.807) is 0 Å². The van der Waals surface area contributed by atoms with Gasteiger partial charge in [0.05, 0.1) is 28.7 Å². The molecular weight excluding hydrogens is 398 g/mol. The zero-order chi connectivity index (χ0) is 21.5. The van der Waals surface area contributed by atoms with E-state index in [0.29, 0.717) is 12.0 Å². The number of aliphatic hydroxyl groups excluding tert-OH is 1. The highest BCUT2D eigenvalue weighted by Gasteiger charge is 2.26. The van der Waals surface area contributed by atoms with Crippen molar-refractivity contribution >= 4 is 28.8 Å². The molecule has 4 heterocycles. The highest BCUT2D eigenvalue weighted by atomic mass is 16.3. The maximum absolute atomic E-state index is 9.32. The standard InChI is InChI=1S/C26H31N5O/c32-13-10-18-9-12-30(16-18)24-15-20-8-11-27-25(20)26(29-24)19-6-7-23-22(14-19)28-17-31(23)21-4-2-1-3-5-21/h6-7,11,14-15,17-18,21,32H,1-5,8-10,12-13,16H2. The zero-order valence-electron chi connectivity index (χ0n) is 18.6. The quantitative estimate of drug-likeness (QED) is 0.615. The minimum absolute atomic E-state index is 0.267. The van der Waals surface area contributed by atoms with Crippen molar-refractivity contribution in [2.75, 3.05) is 24.6 Å². The van der Waals surface area contributed by atoms with Gasteiger partial charge in [0.2, 0.25) is 0 Å². The van der Waals surface area contributed by atoms with Gasteiger partial charge in [-0.2, -0.15) is 0 Å². The van der Waals surface area contributed by atoms with Crippen LogP contribution in [-0.4, -0.2) is 45.6 Å². The number of pyridine rings is 1. The molecular formula is C26H31N5O. The van der Waals surface area contributed by atoms with Gasteiger partial charge < -0.3 is 14.6 Å². The second-order valence-electron chi connectivity index (χ2n) is 9.61. The van der Waals surface area contributed by atoms with E-state index >= 15 is 0 Å². The summed E-state index contributed by atoms with van der Waals surface area (Å²) < 4.78 is 2.39. The molecule has 2 aliphatic heterocycles. The van der Waals surface area contributed by atoms with Crippen LogP contribution >= 0.6 is 0 Å². The van der Waals surface area contributed by atoms with Gasteiger partial charge in [-0.05, 0) is 55.4 Å². The number of aliphatic imine (C=N–C) groups is 1. The molecule has 1 aliphatic carbocycles. The molecule has 1 saturated carbocycles. The van der Waals surface area contributed by atoms with Crippen molar-refractivity contribution in [1.29, 1.82) is 0 Å². The van der Waals surface area contributed by atoms with Gasteiger partial charge in [-0.25, -0.2) is 9.97 Å². The summed E-state index contributed by atoms with van der Waals surface area (Å²) in [5.74, 6) is 1.59. The molecule has 1 saturated heterocycles. The number of aliphatic hydroxyl groups is 1. The highest BCUT2D eigenvalue weighted by Crippen LogP contribution is 2.39.